The lowest BCUT2D eigenvalue weighted by Gasteiger charge is -2.33. The van der Waals surface area contributed by atoms with Crippen molar-refractivity contribution in [2.75, 3.05) is 32.7 Å². The fraction of sp³-hybridized carbons (Fsp3) is 0.333. The van der Waals surface area contributed by atoms with Crippen LogP contribution in [0.15, 0.2) is 54.9 Å². The van der Waals surface area contributed by atoms with Crippen molar-refractivity contribution in [1.82, 2.24) is 19.8 Å². The first kappa shape index (κ1) is 22.9. The van der Waals surface area contributed by atoms with E-state index < -0.39 is 22.0 Å². The number of urea groups is 1. The highest BCUT2D eigenvalue weighted by Crippen LogP contribution is 2.28. The Kier molecular flexibility index (Phi) is 7.69. The van der Waals surface area contributed by atoms with Crippen molar-refractivity contribution in [2.24, 2.45) is 0 Å². The molecule has 2 N–H and O–H groups in total. The first-order chi connectivity index (χ1) is 14.3. The van der Waals surface area contributed by atoms with Gasteiger partial charge >= 0.3 is 6.03 Å². The molecule has 0 unspecified atom stereocenters. The number of furan rings is 1. The Morgan fingerprint density at radius 1 is 1.10 bits per heavy atom. The quantitative estimate of drug-likeness (QED) is 0.557. The number of carbonyl (C=O) groups is 2. The number of nitrogens with zero attached hydrogens (tertiary/aromatic N) is 2. The van der Waals surface area contributed by atoms with E-state index in [9.17, 15) is 18.0 Å². The van der Waals surface area contributed by atoms with Crippen LogP contribution < -0.4 is 10.6 Å². The number of sulfonamides is 1. The van der Waals surface area contributed by atoms with E-state index in [1.54, 1.807) is 35.2 Å². The van der Waals surface area contributed by atoms with Crippen molar-refractivity contribution < 1.29 is 22.4 Å². The molecule has 2 heterocycles. The van der Waals surface area contributed by atoms with Gasteiger partial charge in [-0.3, -0.25) is 15.0 Å². The van der Waals surface area contributed by atoms with E-state index in [0.717, 1.165) is 0 Å². The summed E-state index contributed by atoms with van der Waals surface area (Å²) in [6.45, 7) is 1.44. The number of piperazine rings is 1. The van der Waals surface area contributed by atoms with E-state index in [1.165, 1.54) is 10.6 Å². The number of hydrogen-bond donors (Lipinski definition) is 2. The van der Waals surface area contributed by atoms with E-state index in [-0.39, 0.29) is 31.1 Å². The summed E-state index contributed by atoms with van der Waals surface area (Å²) in [6, 6.07) is 7.79. The first-order valence-corrected chi connectivity index (χ1v) is 12.1. The van der Waals surface area contributed by atoms with Gasteiger partial charge in [0.25, 0.3) is 0 Å². The van der Waals surface area contributed by atoms with Crippen molar-refractivity contribution in [3.05, 3.63) is 51.3 Å². The number of halogens is 2. The predicted octanol–water partition coefficient (Wildman–Crippen LogP) is 2.14. The van der Waals surface area contributed by atoms with Crippen LogP contribution in [0.1, 0.15) is 5.76 Å². The van der Waals surface area contributed by atoms with Crippen LogP contribution in [-0.4, -0.2) is 62.3 Å². The summed E-state index contributed by atoms with van der Waals surface area (Å²) in [4.78, 5) is 25.9. The summed E-state index contributed by atoms with van der Waals surface area (Å²) in [5.41, 5.74) is 0. The Labute approximate surface area is 191 Å². The van der Waals surface area contributed by atoms with Gasteiger partial charge in [-0.1, -0.05) is 15.9 Å². The summed E-state index contributed by atoms with van der Waals surface area (Å²) in [7, 11) is -3.66. The Hall–Kier alpha value is -1.73. The number of amides is 3. The molecule has 1 aliphatic heterocycles. The summed E-state index contributed by atoms with van der Waals surface area (Å²) < 4.78 is 33.5. The molecule has 0 bridgehead atoms. The molecule has 12 heteroatoms. The van der Waals surface area contributed by atoms with Crippen molar-refractivity contribution >= 4 is 53.8 Å². The molecule has 0 spiro atoms. The normalized spacial score (nSPS) is 15.7. The van der Waals surface area contributed by atoms with Gasteiger partial charge in [0.1, 0.15) is 5.76 Å². The maximum Gasteiger partial charge on any atom is 0.321 e. The molecule has 1 aromatic heterocycles. The zero-order valence-corrected chi connectivity index (χ0v) is 19.8. The van der Waals surface area contributed by atoms with Crippen molar-refractivity contribution in [3.8, 4) is 0 Å². The molecule has 30 heavy (non-hydrogen) atoms. The molecule has 2 aromatic rings. The van der Waals surface area contributed by atoms with Gasteiger partial charge < -0.3 is 9.73 Å². The van der Waals surface area contributed by atoms with Gasteiger partial charge in [0.2, 0.25) is 15.9 Å². The second-order valence-corrected chi connectivity index (χ2v) is 10.2. The van der Waals surface area contributed by atoms with Crippen LogP contribution >= 0.6 is 31.9 Å². The largest absolute Gasteiger partial charge is 0.467 e. The molecule has 3 amide bonds. The van der Waals surface area contributed by atoms with Crippen LogP contribution in [0.4, 0.5) is 4.79 Å². The molecule has 0 radical (unpaired) electrons. The maximum absolute atomic E-state index is 12.9. The standard InChI is InChI=1S/C18H20Br2N4O5S/c19-13-3-4-15(20)16(10-13)30(27,28)24-7-5-23(6-8-24)12-17(25)22-18(26)21-11-14-2-1-9-29-14/h1-4,9-10H,5-8,11-12H2,(H2,21,22,25,26). The molecule has 3 rings (SSSR count). The molecule has 1 aromatic carbocycles. The van der Waals surface area contributed by atoms with E-state index in [1.807, 2.05) is 0 Å². The molecular weight excluding hydrogens is 544 g/mol. The number of hydrogen-bond acceptors (Lipinski definition) is 6. The minimum Gasteiger partial charge on any atom is -0.467 e. The molecule has 1 fully saturated rings. The Morgan fingerprint density at radius 2 is 1.83 bits per heavy atom. The lowest BCUT2D eigenvalue weighted by Crippen LogP contribution is -2.52. The van der Waals surface area contributed by atoms with Crippen LogP contribution in [0, 0.1) is 0 Å². The Morgan fingerprint density at radius 3 is 2.50 bits per heavy atom. The zero-order valence-electron chi connectivity index (χ0n) is 15.8. The Balaban J connectivity index is 1.47. The van der Waals surface area contributed by atoms with Crippen LogP contribution in [0.3, 0.4) is 0 Å². The number of imide groups is 1. The lowest BCUT2D eigenvalue weighted by atomic mass is 10.3. The van der Waals surface area contributed by atoms with Gasteiger partial charge in [0.05, 0.1) is 24.2 Å². The van der Waals surface area contributed by atoms with Crippen LogP contribution in [0.2, 0.25) is 0 Å². The molecule has 1 aliphatic rings. The maximum atomic E-state index is 12.9. The summed E-state index contributed by atoms with van der Waals surface area (Å²) in [6.07, 6.45) is 1.50. The molecule has 162 valence electrons. The third-order valence-corrected chi connectivity index (χ3v) is 7.85. The van der Waals surface area contributed by atoms with Gasteiger partial charge in [0.15, 0.2) is 0 Å². The molecule has 1 saturated heterocycles. The highest BCUT2D eigenvalue weighted by molar-refractivity contribution is 9.11. The third kappa shape index (κ3) is 5.91. The van der Waals surface area contributed by atoms with Gasteiger partial charge in [0, 0.05) is 35.1 Å². The van der Waals surface area contributed by atoms with Gasteiger partial charge in [-0.05, 0) is 46.3 Å². The summed E-state index contributed by atoms with van der Waals surface area (Å²) in [5, 5.41) is 4.78. The summed E-state index contributed by atoms with van der Waals surface area (Å²) in [5.74, 6) is 0.116. The van der Waals surface area contributed by atoms with Crippen LogP contribution in [0.5, 0.6) is 0 Å². The highest BCUT2D eigenvalue weighted by Gasteiger charge is 2.30. The average molecular weight is 564 g/mol. The van der Waals surface area contributed by atoms with Gasteiger partial charge in [-0.2, -0.15) is 4.31 Å². The highest BCUT2D eigenvalue weighted by atomic mass is 79.9. The molecule has 0 atom stereocenters. The van der Waals surface area contributed by atoms with Gasteiger partial charge in [-0.15, -0.1) is 0 Å². The van der Waals surface area contributed by atoms with Crippen LogP contribution in [-0.2, 0) is 21.4 Å². The minimum atomic E-state index is -3.66. The van der Waals surface area contributed by atoms with E-state index in [0.29, 0.717) is 27.8 Å². The monoisotopic (exact) mass is 562 g/mol. The van der Waals surface area contributed by atoms with E-state index in [2.05, 4.69) is 42.5 Å². The summed E-state index contributed by atoms with van der Waals surface area (Å²) >= 11 is 6.59. The topological polar surface area (TPSA) is 112 Å². The fourth-order valence-electron chi connectivity index (χ4n) is 2.94. The zero-order chi connectivity index (χ0) is 21.7. The minimum absolute atomic E-state index is 0.00262. The molecule has 0 aliphatic carbocycles. The number of nitrogens with one attached hydrogen (secondary N) is 2. The lowest BCUT2D eigenvalue weighted by molar-refractivity contribution is -0.121. The molecular formula is C18H20Br2N4O5S. The number of benzene rings is 1. The van der Waals surface area contributed by atoms with Crippen molar-refractivity contribution in [1.29, 1.82) is 0 Å². The van der Waals surface area contributed by atoms with Crippen molar-refractivity contribution in [3.63, 3.8) is 0 Å². The predicted molar refractivity (Wildman–Crippen MR) is 116 cm³/mol. The number of rotatable bonds is 6. The first-order valence-electron chi connectivity index (χ1n) is 9.03. The third-order valence-electron chi connectivity index (χ3n) is 4.47. The van der Waals surface area contributed by atoms with Gasteiger partial charge in [-0.25, -0.2) is 13.2 Å². The number of carbonyl (C=O) groups excluding carboxylic acids is 2. The smallest absolute Gasteiger partial charge is 0.321 e. The Bertz CT molecular complexity index is 1010. The van der Waals surface area contributed by atoms with Crippen molar-refractivity contribution in [2.45, 2.75) is 11.4 Å². The fourth-order valence-corrected chi connectivity index (χ4v) is 5.82. The SMILES string of the molecule is O=C(CN1CCN(S(=O)(=O)c2cc(Br)ccc2Br)CC1)NC(=O)NCc1ccco1. The van der Waals surface area contributed by atoms with E-state index in [4.69, 9.17) is 4.42 Å². The second kappa shape index (κ2) is 10.1. The van der Waals surface area contributed by atoms with E-state index >= 15 is 0 Å². The molecule has 9 nitrogen and oxygen atoms in total. The molecule has 0 saturated carbocycles. The second-order valence-electron chi connectivity index (χ2n) is 6.57. The average Bonchev–Trinajstić information content (AvgIpc) is 3.22. The van der Waals surface area contributed by atoms with Crippen LogP contribution in [0.25, 0.3) is 0 Å².